The lowest BCUT2D eigenvalue weighted by Crippen LogP contribution is -2.07. The quantitative estimate of drug-likeness (QED) is 0.244. The van der Waals surface area contributed by atoms with Gasteiger partial charge in [-0.2, -0.15) is 0 Å². The van der Waals surface area contributed by atoms with Crippen LogP contribution in [0.15, 0.2) is 23.3 Å². The molecule has 0 aromatic carbocycles. The molecule has 0 N–H and O–H groups in total. The normalized spacial score (nSPS) is 15.9. The summed E-state index contributed by atoms with van der Waals surface area (Å²) >= 11 is 0. The van der Waals surface area contributed by atoms with Gasteiger partial charge >= 0.3 is 0 Å². The van der Waals surface area contributed by atoms with Crippen molar-refractivity contribution in [1.29, 1.82) is 0 Å². The minimum absolute atomic E-state index is 0.694. The Morgan fingerprint density at radius 3 is 1.32 bits per heavy atom. The molecule has 130 valence electrons. The van der Waals surface area contributed by atoms with Crippen LogP contribution in [-0.2, 0) is 0 Å². The van der Waals surface area contributed by atoms with Gasteiger partial charge in [0.1, 0.15) is 0 Å². The highest BCUT2D eigenvalue weighted by Crippen LogP contribution is 2.40. The summed E-state index contributed by atoms with van der Waals surface area (Å²) in [7, 11) is 4.24. The van der Waals surface area contributed by atoms with Crippen LogP contribution in [0.2, 0.25) is 0 Å². The Kier molecular flexibility index (Phi) is 14.9. The van der Waals surface area contributed by atoms with Crippen molar-refractivity contribution >= 4 is 21.6 Å². The highest BCUT2D eigenvalue weighted by atomic mass is 33.1. The number of hydrogen-bond donors (Lipinski definition) is 0. The van der Waals surface area contributed by atoms with E-state index in [0.717, 1.165) is 0 Å². The molecule has 0 aromatic rings. The van der Waals surface area contributed by atoms with Gasteiger partial charge in [-0.05, 0) is 39.5 Å². The number of unbranched alkanes of at least 4 members (excludes halogenated alkanes) is 2. The first-order valence-corrected chi connectivity index (χ1v) is 11.5. The van der Waals surface area contributed by atoms with Gasteiger partial charge < -0.3 is 0 Å². The van der Waals surface area contributed by atoms with Gasteiger partial charge in [-0.1, -0.05) is 98.3 Å². The minimum Gasteiger partial charge on any atom is -0.0857 e. The molecule has 0 aromatic heterocycles. The van der Waals surface area contributed by atoms with E-state index in [2.05, 4.69) is 75.3 Å². The third kappa shape index (κ3) is 10.0. The average Bonchev–Trinajstić information content (AvgIpc) is 2.52. The molecule has 2 unspecified atom stereocenters. The molecule has 2 atom stereocenters. The van der Waals surface area contributed by atoms with Crippen molar-refractivity contribution in [3.8, 4) is 0 Å². The van der Waals surface area contributed by atoms with E-state index >= 15 is 0 Å². The molecule has 0 heterocycles. The predicted octanol–water partition coefficient (Wildman–Crippen LogP) is 8.20. The molecule has 0 aliphatic carbocycles. The largest absolute Gasteiger partial charge is 0.0857 e. The Morgan fingerprint density at radius 2 is 1.05 bits per heavy atom. The van der Waals surface area contributed by atoms with Crippen molar-refractivity contribution < 1.29 is 0 Å². The van der Waals surface area contributed by atoms with E-state index in [4.69, 9.17) is 0 Å². The summed E-state index contributed by atoms with van der Waals surface area (Å²) in [6.45, 7) is 13.8. The van der Waals surface area contributed by atoms with E-state index in [1.165, 1.54) is 51.4 Å². The van der Waals surface area contributed by atoms with Gasteiger partial charge in [0.2, 0.25) is 0 Å². The highest BCUT2D eigenvalue weighted by molar-refractivity contribution is 8.77. The van der Waals surface area contributed by atoms with E-state index in [1.54, 1.807) is 11.1 Å². The molecule has 0 aliphatic heterocycles. The third-order valence-electron chi connectivity index (χ3n) is 3.92. The molecule has 0 aliphatic rings. The topological polar surface area (TPSA) is 0 Å². The van der Waals surface area contributed by atoms with Crippen LogP contribution in [0, 0.1) is 0 Å². The summed E-state index contributed by atoms with van der Waals surface area (Å²) in [5.74, 6) is 0. The van der Waals surface area contributed by atoms with Crippen molar-refractivity contribution in [2.45, 2.75) is 103 Å². The predicted molar refractivity (Wildman–Crippen MR) is 110 cm³/mol. The summed E-state index contributed by atoms with van der Waals surface area (Å²) in [6.07, 6.45) is 15.1. The van der Waals surface area contributed by atoms with Crippen LogP contribution in [0.3, 0.4) is 0 Å². The van der Waals surface area contributed by atoms with Crippen LogP contribution < -0.4 is 0 Å². The summed E-state index contributed by atoms with van der Waals surface area (Å²) in [6, 6.07) is 0. The lowest BCUT2D eigenvalue weighted by molar-refractivity contribution is 0.792. The van der Waals surface area contributed by atoms with Gasteiger partial charge in [0.25, 0.3) is 0 Å². The van der Waals surface area contributed by atoms with Crippen molar-refractivity contribution in [3.63, 3.8) is 0 Å². The molecular formula is C20H38S2. The monoisotopic (exact) mass is 342 g/mol. The molecule has 0 nitrogen and oxygen atoms in total. The fourth-order valence-corrected chi connectivity index (χ4v) is 6.09. The Hall–Kier alpha value is 0.180. The molecule has 0 radical (unpaired) electrons. The molecule has 0 rings (SSSR count). The van der Waals surface area contributed by atoms with E-state index < -0.39 is 0 Å². The standard InChI is InChI=1S/C20H38S2/c1-7-11-15-17(5)19(13-9-3)21-22-20(14-10-4)18(6)16-12-8-2/h15-16,19-20H,7-14H2,1-6H3. The molecule has 0 bridgehead atoms. The second-order valence-electron chi connectivity index (χ2n) is 6.22. The first-order valence-electron chi connectivity index (χ1n) is 9.25. The molecular weight excluding hydrogens is 304 g/mol. The zero-order chi connectivity index (χ0) is 16.8. The zero-order valence-corrected chi connectivity index (χ0v) is 17.4. The second-order valence-corrected chi connectivity index (χ2v) is 8.90. The molecule has 0 fully saturated rings. The number of allylic oxidation sites excluding steroid dienone is 2. The lowest BCUT2D eigenvalue weighted by atomic mass is 10.1. The summed E-state index contributed by atoms with van der Waals surface area (Å²) < 4.78 is 0. The minimum atomic E-state index is 0.694. The molecule has 0 saturated carbocycles. The van der Waals surface area contributed by atoms with Crippen molar-refractivity contribution in [2.75, 3.05) is 0 Å². The van der Waals surface area contributed by atoms with Crippen molar-refractivity contribution in [1.82, 2.24) is 0 Å². The Bertz CT molecular complexity index is 286. The lowest BCUT2D eigenvalue weighted by Gasteiger charge is -2.21. The van der Waals surface area contributed by atoms with Crippen LogP contribution in [0.1, 0.15) is 92.9 Å². The van der Waals surface area contributed by atoms with E-state index in [0.29, 0.717) is 10.5 Å². The summed E-state index contributed by atoms with van der Waals surface area (Å²) in [5.41, 5.74) is 3.18. The van der Waals surface area contributed by atoms with Crippen molar-refractivity contribution in [2.24, 2.45) is 0 Å². The number of hydrogen-bond acceptors (Lipinski definition) is 2. The molecule has 0 amide bonds. The Labute approximate surface area is 148 Å². The van der Waals surface area contributed by atoms with Crippen LogP contribution in [-0.4, -0.2) is 10.5 Å². The smallest absolute Gasteiger partial charge is 0.0357 e. The first kappa shape index (κ1) is 22.2. The van der Waals surface area contributed by atoms with E-state index in [-0.39, 0.29) is 0 Å². The van der Waals surface area contributed by atoms with Gasteiger partial charge in [-0.3, -0.25) is 0 Å². The highest BCUT2D eigenvalue weighted by Gasteiger charge is 2.16. The van der Waals surface area contributed by atoms with E-state index in [9.17, 15) is 0 Å². The molecule has 22 heavy (non-hydrogen) atoms. The van der Waals surface area contributed by atoms with Crippen LogP contribution in [0.25, 0.3) is 0 Å². The van der Waals surface area contributed by atoms with Gasteiger partial charge in [-0.15, -0.1) is 0 Å². The van der Waals surface area contributed by atoms with Gasteiger partial charge in [0.15, 0.2) is 0 Å². The average molecular weight is 343 g/mol. The maximum Gasteiger partial charge on any atom is 0.0357 e. The third-order valence-corrected chi connectivity index (χ3v) is 7.43. The molecule has 0 saturated heterocycles. The van der Waals surface area contributed by atoms with Gasteiger partial charge in [0, 0.05) is 10.5 Å². The van der Waals surface area contributed by atoms with Crippen LogP contribution >= 0.6 is 21.6 Å². The number of rotatable bonds is 13. The van der Waals surface area contributed by atoms with Crippen LogP contribution in [0.4, 0.5) is 0 Å². The maximum absolute atomic E-state index is 2.46. The van der Waals surface area contributed by atoms with Gasteiger partial charge in [-0.25, -0.2) is 0 Å². The van der Waals surface area contributed by atoms with Crippen molar-refractivity contribution in [3.05, 3.63) is 23.3 Å². The fourth-order valence-electron chi connectivity index (χ4n) is 2.37. The molecule has 2 heteroatoms. The maximum atomic E-state index is 2.46. The molecule has 0 spiro atoms. The Balaban J connectivity index is 4.68. The Morgan fingerprint density at radius 1 is 0.682 bits per heavy atom. The zero-order valence-electron chi connectivity index (χ0n) is 15.8. The van der Waals surface area contributed by atoms with Crippen LogP contribution in [0.5, 0.6) is 0 Å². The van der Waals surface area contributed by atoms with Gasteiger partial charge in [0.05, 0.1) is 0 Å². The summed E-state index contributed by atoms with van der Waals surface area (Å²) in [4.78, 5) is 0. The second kappa shape index (κ2) is 14.8. The first-order chi connectivity index (χ1) is 10.6. The summed E-state index contributed by atoms with van der Waals surface area (Å²) in [5, 5.41) is 1.39. The fraction of sp³-hybridized carbons (Fsp3) is 0.800. The van der Waals surface area contributed by atoms with E-state index in [1.807, 2.05) is 0 Å². The SMILES string of the molecule is CCCC=C(C)C(CCC)SSC(CCC)C(C)=CCCC.